The molecule has 1 aliphatic carbocycles. The Morgan fingerprint density at radius 1 is 0.354 bits per heavy atom. The number of anilines is 3. The summed E-state index contributed by atoms with van der Waals surface area (Å²) >= 11 is 0. The highest BCUT2D eigenvalue weighted by Crippen LogP contribution is 2.50. The minimum Gasteiger partial charge on any atom is -0.310 e. The van der Waals surface area contributed by atoms with Crippen LogP contribution in [0.15, 0.2) is 176 Å². The average molecular weight is 614 g/mol. The van der Waals surface area contributed by atoms with Gasteiger partial charge in [-0.15, -0.1) is 0 Å². The molecule has 48 heavy (non-hydrogen) atoms. The second-order valence-electron chi connectivity index (χ2n) is 13.4. The highest BCUT2D eigenvalue weighted by atomic mass is 15.1. The van der Waals surface area contributed by atoms with Gasteiger partial charge in [0, 0.05) is 22.5 Å². The number of para-hydroxylation sites is 1. The van der Waals surface area contributed by atoms with E-state index in [1.807, 2.05) is 0 Å². The predicted octanol–water partition coefficient (Wildman–Crippen LogP) is 13.1. The third kappa shape index (κ3) is 4.54. The van der Waals surface area contributed by atoms with Gasteiger partial charge in [-0.3, -0.25) is 0 Å². The highest BCUT2D eigenvalue weighted by molar-refractivity contribution is 6.11. The van der Waals surface area contributed by atoms with Crippen LogP contribution in [0, 0.1) is 0 Å². The smallest absolute Gasteiger partial charge is 0.0468 e. The van der Waals surface area contributed by atoms with Gasteiger partial charge in [0.25, 0.3) is 0 Å². The molecule has 0 amide bonds. The first kappa shape index (κ1) is 28.3. The summed E-state index contributed by atoms with van der Waals surface area (Å²) in [5, 5.41) is 5.09. The van der Waals surface area contributed by atoms with Crippen molar-refractivity contribution < 1.29 is 0 Å². The number of hydrogen-bond donors (Lipinski definition) is 0. The summed E-state index contributed by atoms with van der Waals surface area (Å²) in [6.45, 7) is 4.72. The molecule has 1 nitrogen and oxygen atoms in total. The molecule has 0 bridgehead atoms. The Hall–Kier alpha value is -5.92. The van der Waals surface area contributed by atoms with Gasteiger partial charge in [-0.25, -0.2) is 0 Å². The monoisotopic (exact) mass is 613 g/mol. The zero-order valence-corrected chi connectivity index (χ0v) is 27.2. The van der Waals surface area contributed by atoms with Crippen molar-refractivity contribution in [2.75, 3.05) is 4.90 Å². The molecule has 0 aliphatic heterocycles. The van der Waals surface area contributed by atoms with Crippen molar-refractivity contribution in [1.29, 1.82) is 0 Å². The van der Waals surface area contributed by atoms with E-state index < -0.39 is 0 Å². The van der Waals surface area contributed by atoms with Crippen molar-refractivity contribution >= 4 is 38.6 Å². The van der Waals surface area contributed by atoms with E-state index in [1.165, 1.54) is 66.1 Å². The Morgan fingerprint density at radius 2 is 0.917 bits per heavy atom. The van der Waals surface area contributed by atoms with Crippen LogP contribution in [0.25, 0.3) is 54.9 Å². The van der Waals surface area contributed by atoms with Gasteiger partial charge in [0.1, 0.15) is 0 Å². The highest BCUT2D eigenvalue weighted by Gasteiger charge is 2.35. The summed E-state index contributed by atoms with van der Waals surface area (Å²) < 4.78 is 0. The minimum atomic E-state index is -0.0513. The third-order valence-corrected chi connectivity index (χ3v) is 10.2. The van der Waals surface area contributed by atoms with Crippen molar-refractivity contribution in [2.45, 2.75) is 19.3 Å². The standard InChI is InChI=1S/C47H35N/c1-47(2)45-21-13-12-20-40(45)44-28-35-23-22-34-24-25-37(30-42(34)43(35)31-46(44)47)48(36-18-10-5-11-19-36)38-26-27-39(32-14-6-3-7-15-32)41(29-38)33-16-8-4-9-17-33/h3-31H,1-2H3. The summed E-state index contributed by atoms with van der Waals surface area (Å²) in [4.78, 5) is 2.40. The topological polar surface area (TPSA) is 3.24 Å². The molecular weight excluding hydrogens is 579 g/mol. The number of rotatable bonds is 5. The van der Waals surface area contributed by atoms with E-state index in [0.717, 1.165) is 17.1 Å². The lowest BCUT2D eigenvalue weighted by molar-refractivity contribution is 0.661. The summed E-state index contributed by atoms with van der Waals surface area (Å²) in [6.07, 6.45) is 0. The lowest BCUT2D eigenvalue weighted by Crippen LogP contribution is -2.14. The van der Waals surface area contributed by atoms with Gasteiger partial charge in [0.15, 0.2) is 0 Å². The molecule has 0 saturated carbocycles. The van der Waals surface area contributed by atoms with Gasteiger partial charge in [0.05, 0.1) is 0 Å². The van der Waals surface area contributed by atoms with Gasteiger partial charge in [-0.2, -0.15) is 0 Å². The van der Waals surface area contributed by atoms with Crippen molar-refractivity contribution in [2.24, 2.45) is 0 Å². The van der Waals surface area contributed by atoms with Gasteiger partial charge in [0.2, 0.25) is 0 Å². The van der Waals surface area contributed by atoms with E-state index >= 15 is 0 Å². The molecule has 0 saturated heterocycles. The van der Waals surface area contributed by atoms with Gasteiger partial charge in [-0.05, 0) is 115 Å². The zero-order valence-electron chi connectivity index (χ0n) is 27.2. The summed E-state index contributed by atoms with van der Waals surface area (Å²) in [6, 6.07) is 64.3. The van der Waals surface area contributed by atoms with Crippen LogP contribution in [0.5, 0.6) is 0 Å². The second kappa shape index (κ2) is 11.1. The molecule has 228 valence electrons. The third-order valence-electron chi connectivity index (χ3n) is 10.2. The maximum absolute atomic E-state index is 2.46. The number of hydrogen-bond acceptors (Lipinski definition) is 1. The second-order valence-corrected chi connectivity index (χ2v) is 13.4. The van der Waals surface area contributed by atoms with Crippen molar-refractivity contribution in [3.8, 4) is 33.4 Å². The lowest BCUT2D eigenvalue weighted by Gasteiger charge is -2.27. The van der Waals surface area contributed by atoms with Crippen LogP contribution in [0.1, 0.15) is 25.0 Å². The fraction of sp³-hybridized carbons (Fsp3) is 0.0638. The molecule has 8 aromatic rings. The number of nitrogens with zero attached hydrogens (tertiary/aromatic N) is 1. The van der Waals surface area contributed by atoms with Crippen LogP contribution in [0.4, 0.5) is 17.1 Å². The SMILES string of the molecule is CC1(C)c2ccccc2-c2cc3ccc4ccc(N(c5ccccc5)c5ccc(-c6ccccc6)c(-c6ccccc6)c5)cc4c3cc21. The van der Waals surface area contributed by atoms with Gasteiger partial charge < -0.3 is 4.90 Å². The van der Waals surface area contributed by atoms with E-state index in [0.29, 0.717) is 0 Å². The molecule has 0 spiro atoms. The molecule has 1 heteroatoms. The fourth-order valence-corrected chi connectivity index (χ4v) is 7.80. The van der Waals surface area contributed by atoms with E-state index in [2.05, 4.69) is 195 Å². The van der Waals surface area contributed by atoms with Crippen molar-refractivity contribution in [3.63, 3.8) is 0 Å². The Morgan fingerprint density at radius 3 is 1.67 bits per heavy atom. The normalized spacial score (nSPS) is 13.0. The van der Waals surface area contributed by atoms with E-state index in [-0.39, 0.29) is 5.41 Å². The Kier molecular flexibility index (Phi) is 6.55. The molecule has 0 unspecified atom stereocenters. The summed E-state index contributed by atoms with van der Waals surface area (Å²) in [7, 11) is 0. The molecule has 0 radical (unpaired) electrons. The van der Waals surface area contributed by atoms with Crippen LogP contribution in [0.3, 0.4) is 0 Å². The van der Waals surface area contributed by atoms with Crippen LogP contribution in [-0.2, 0) is 5.41 Å². The van der Waals surface area contributed by atoms with Crippen LogP contribution >= 0.6 is 0 Å². The Balaban J connectivity index is 1.25. The number of fused-ring (bicyclic) bond motifs is 6. The lowest BCUT2D eigenvalue weighted by atomic mass is 9.81. The average Bonchev–Trinajstić information content (AvgIpc) is 3.37. The first-order valence-corrected chi connectivity index (χ1v) is 16.8. The quantitative estimate of drug-likeness (QED) is 0.175. The van der Waals surface area contributed by atoms with Crippen LogP contribution in [-0.4, -0.2) is 0 Å². The van der Waals surface area contributed by atoms with Crippen LogP contribution < -0.4 is 4.90 Å². The fourth-order valence-electron chi connectivity index (χ4n) is 7.80. The van der Waals surface area contributed by atoms with E-state index in [1.54, 1.807) is 0 Å². The molecule has 0 N–H and O–H groups in total. The van der Waals surface area contributed by atoms with E-state index in [9.17, 15) is 0 Å². The molecule has 0 atom stereocenters. The molecule has 1 aliphatic rings. The molecule has 0 heterocycles. The maximum atomic E-state index is 2.46. The minimum absolute atomic E-state index is 0.0513. The Bertz CT molecular complexity index is 2460. The largest absolute Gasteiger partial charge is 0.310 e. The molecule has 0 fully saturated rings. The Labute approximate surface area is 282 Å². The van der Waals surface area contributed by atoms with Gasteiger partial charge in [-0.1, -0.05) is 141 Å². The molecule has 8 aromatic carbocycles. The van der Waals surface area contributed by atoms with E-state index in [4.69, 9.17) is 0 Å². The summed E-state index contributed by atoms with van der Waals surface area (Å²) in [5.41, 5.74) is 13.7. The zero-order chi connectivity index (χ0) is 32.2. The van der Waals surface area contributed by atoms with Crippen molar-refractivity contribution in [1.82, 2.24) is 0 Å². The van der Waals surface area contributed by atoms with Gasteiger partial charge >= 0.3 is 0 Å². The first-order valence-electron chi connectivity index (χ1n) is 16.8. The maximum Gasteiger partial charge on any atom is 0.0468 e. The molecule has 0 aromatic heterocycles. The molecular formula is C47H35N. The molecule has 9 rings (SSSR count). The summed E-state index contributed by atoms with van der Waals surface area (Å²) in [5.74, 6) is 0. The number of benzene rings is 8. The first-order chi connectivity index (χ1) is 23.6. The van der Waals surface area contributed by atoms with Crippen LogP contribution in [0.2, 0.25) is 0 Å². The predicted molar refractivity (Wildman–Crippen MR) is 205 cm³/mol. The van der Waals surface area contributed by atoms with Crippen molar-refractivity contribution in [3.05, 3.63) is 187 Å².